The average molecular weight is 225 g/mol. The van der Waals surface area contributed by atoms with E-state index in [1.807, 2.05) is 0 Å². The standard InChI is InChI=1S/C11H19N3O2/c1-4-7-12-11(10(15)16,13-8-5-2)14-9-6-3/h4-6,12-14H,1-3,7-9H2,(H,15,16). The highest BCUT2D eigenvalue weighted by molar-refractivity contribution is 5.77. The Labute approximate surface area is 95.9 Å². The molecule has 0 aromatic heterocycles. The normalized spacial score (nSPS) is 10.8. The molecule has 0 radical (unpaired) electrons. The SMILES string of the molecule is C=CCNC(NCC=C)(NCC=C)C(=O)O. The van der Waals surface area contributed by atoms with E-state index in [9.17, 15) is 9.90 Å². The minimum absolute atomic E-state index is 0.362. The van der Waals surface area contributed by atoms with Gasteiger partial charge in [-0.2, -0.15) is 0 Å². The summed E-state index contributed by atoms with van der Waals surface area (Å²) in [7, 11) is 0. The summed E-state index contributed by atoms with van der Waals surface area (Å²) in [5.41, 5.74) is 0. The van der Waals surface area contributed by atoms with Crippen molar-refractivity contribution in [2.45, 2.75) is 5.79 Å². The van der Waals surface area contributed by atoms with Gasteiger partial charge in [0.15, 0.2) is 0 Å². The van der Waals surface area contributed by atoms with Crippen LogP contribution in [0.3, 0.4) is 0 Å². The Bertz CT molecular complexity index is 233. The van der Waals surface area contributed by atoms with Gasteiger partial charge in [-0.05, 0) is 0 Å². The van der Waals surface area contributed by atoms with Crippen LogP contribution in [0.5, 0.6) is 0 Å². The van der Waals surface area contributed by atoms with E-state index in [2.05, 4.69) is 35.7 Å². The summed E-state index contributed by atoms with van der Waals surface area (Å²) in [6.45, 7) is 11.7. The van der Waals surface area contributed by atoms with Crippen molar-refractivity contribution >= 4 is 5.97 Å². The molecule has 0 aromatic carbocycles. The van der Waals surface area contributed by atoms with Gasteiger partial charge in [-0.1, -0.05) is 18.2 Å². The molecule has 0 spiro atoms. The third kappa shape index (κ3) is 4.39. The van der Waals surface area contributed by atoms with Gasteiger partial charge in [-0.25, -0.2) is 4.79 Å². The molecule has 0 heterocycles. The number of carboxylic acids is 1. The second-order valence-electron chi connectivity index (χ2n) is 3.06. The largest absolute Gasteiger partial charge is 0.478 e. The predicted octanol–water partition coefficient (Wildman–Crippen LogP) is 0.0516. The molecule has 0 unspecified atom stereocenters. The van der Waals surface area contributed by atoms with Crippen LogP contribution in [0.1, 0.15) is 0 Å². The van der Waals surface area contributed by atoms with Gasteiger partial charge >= 0.3 is 5.97 Å². The highest BCUT2D eigenvalue weighted by Crippen LogP contribution is 1.96. The highest BCUT2D eigenvalue weighted by Gasteiger charge is 2.36. The van der Waals surface area contributed by atoms with Crippen LogP contribution in [0.25, 0.3) is 0 Å². The van der Waals surface area contributed by atoms with Crippen molar-refractivity contribution in [2.75, 3.05) is 19.6 Å². The molecule has 5 nitrogen and oxygen atoms in total. The molecule has 0 atom stereocenters. The third-order valence-corrected chi connectivity index (χ3v) is 1.86. The van der Waals surface area contributed by atoms with Gasteiger partial charge in [0.1, 0.15) is 0 Å². The van der Waals surface area contributed by atoms with Crippen LogP contribution in [0.4, 0.5) is 0 Å². The van der Waals surface area contributed by atoms with E-state index in [0.29, 0.717) is 19.6 Å². The molecule has 16 heavy (non-hydrogen) atoms. The van der Waals surface area contributed by atoms with Gasteiger partial charge in [0.05, 0.1) is 0 Å². The molecule has 0 aliphatic heterocycles. The molecule has 0 bridgehead atoms. The summed E-state index contributed by atoms with van der Waals surface area (Å²) >= 11 is 0. The maximum atomic E-state index is 11.2. The first-order valence-corrected chi connectivity index (χ1v) is 4.94. The zero-order valence-corrected chi connectivity index (χ0v) is 9.33. The fourth-order valence-electron chi connectivity index (χ4n) is 1.09. The van der Waals surface area contributed by atoms with E-state index < -0.39 is 11.8 Å². The molecule has 0 aromatic rings. The van der Waals surface area contributed by atoms with Crippen molar-refractivity contribution in [3.05, 3.63) is 38.0 Å². The maximum absolute atomic E-state index is 11.2. The lowest BCUT2D eigenvalue weighted by Crippen LogP contribution is -2.71. The van der Waals surface area contributed by atoms with E-state index in [0.717, 1.165) is 0 Å². The van der Waals surface area contributed by atoms with Gasteiger partial charge < -0.3 is 5.11 Å². The summed E-state index contributed by atoms with van der Waals surface area (Å²) in [4.78, 5) is 11.2. The Morgan fingerprint density at radius 2 is 1.31 bits per heavy atom. The Morgan fingerprint density at radius 3 is 1.50 bits per heavy atom. The van der Waals surface area contributed by atoms with E-state index in [-0.39, 0.29) is 0 Å². The number of aliphatic carboxylic acids is 1. The zero-order valence-electron chi connectivity index (χ0n) is 9.33. The summed E-state index contributed by atoms with van der Waals surface area (Å²) < 4.78 is 0. The number of carbonyl (C=O) groups is 1. The molecule has 4 N–H and O–H groups in total. The number of hydrogen-bond acceptors (Lipinski definition) is 4. The van der Waals surface area contributed by atoms with Crippen LogP contribution in [0, 0.1) is 0 Å². The molecule has 90 valence electrons. The third-order valence-electron chi connectivity index (χ3n) is 1.86. The van der Waals surface area contributed by atoms with Gasteiger partial charge in [0, 0.05) is 19.6 Å². The van der Waals surface area contributed by atoms with E-state index >= 15 is 0 Å². The Hall–Kier alpha value is -1.43. The van der Waals surface area contributed by atoms with E-state index in [1.165, 1.54) is 0 Å². The molecular formula is C11H19N3O2. The van der Waals surface area contributed by atoms with Crippen molar-refractivity contribution in [1.82, 2.24) is 16.0 Å². The van der Waals surface area contributed by atoms with Gasteiger partial charge in [0.25, 0.3) is 0 Å². The first-order valence-electron chi connectivity index (χ1n) is 4.94. The van der Waals surface area contributed by atoms with Crippen LogP contribution >= 0.6 is 0 Å². The molecule has 0 rings (SSSR count). The molecular weight excluding hydrogens is 206 g/mol. The van der Waals surface area contributed by atoms with Crippen LogP contribution < -0.4 is 16.0 Å². The van der Waals surface area contributed by atoms with Crippen molar-refractivity contribution in [3.63, 3.8) is 0 Å². The summed E-state index contributed by atoms with van der Waals surface area (Å²) in [6.07, 6.45) is 4.76. The van der Waals surface area contributed by atoms with Crippen molar-refractivity contribution < 1.29 is 9.90 Å². The van der Waals surface area contributed by atoms with Crippen LogP contribution in [-0.4, -0.2) is 36.5 Å². The molecule has 0 aliphatic rings. The quantitative estimate of drug-likeness (QED) is 0.312. The summed E-state index contributed by atoms with van der Waals surface area (Å²) in [6, 6.07) is 0. The first-order chi connectivity index (χ1) is 7.63. The van der Waals surface area contributed by atoms with Crippen LogP contribution in [0.2, 0.25) is 0 Å². The average Bonchev–Trinajstić information content (AvgIpc) is 2.28. The second-order valence-corrected chi connectivity index (χ2v) is 3.06. The van der Waals surface area contributed by atoms with Crippen molar-refractivity contribution in [1.29, 1.82) is 0 Å². The van der Waals surface area contributed by atoms with E-state index in [4.69, 9.17) is 0 Å². The minimum atomic E-state index is -1.39. The lowest BCUT2D eigenvalue weighted by atomic mass is 10.3. The first kappa shape index (κ1) is 14.6. The maximum Gasteiger partial charge on any atom is 0.354 e. The Morgan fingerprint density at radius 1 is 1.00 bits per heavy atom. The van der Waals surface area contributed by atoms with Crippen molar-refractivity contribution in [3.8, 4) is 0 Å². The fourth-order valence-corrected chi connectivity index (χ4v) is 1.09. The Balaban J connectivity index is 4.70. The van der Waals surface area contributed by atoms with Crippen molar-refractivity contribution in [2.24, 2.45) is 0 Å². The minimum Gasteiger partial charge on any atom is -0.478 e. The summed E-state index contributed by atoms with van der Waals surface area (Å²) in [5.74, 6) is -2.44. The van der Waals surface area contributed by atoms with Gasteiger partial charge in [-0.3, -0.25) is 16.0 Å². The molecule has 0 amide bonds. The highest BCUT2D eigenvalue weighted by atomic mass is 16.4. The molecule has 0 fully saturated rings. The number of rotatable bonds is 10. The fraction of sp³-hybridized carbons (Fsp3) is 0.364. The lowest BCUT2D eigenvalue weighted by molar-refractivity contribution is -0.148. The Kier molecular flexibility index (Phi) is 7.11. The van der Waals surface area contributed by atoms with E-state index in [1.54, 1.807) is 18.2 Å². The lowest BCUT2D eigenvalue weighted by Gasteiger charge is -2.31. The number of carboxylic acid groups (broad SMARTS) is 1. The number of hydrogen-bond donors (Lipinski definition) is 4. The van der Waals surface area contributed by atoms with Crippen LogP contribution in [-0.2, 0) is 4.79 Å². The van der Waals surface area contributed by atoms with Crippen LogP contribution in [0.15, 0.2) is 38.0 Å². The molecule has 0 saturated heterocycles. The zero-order chi connectivity index (χ0) is 12.4. The molecule has 0 saturated carbocycles. The monoisotopic (exact) mass is 225 g/mol. The summed E-state index contributed by atoms with van der Waals surface area (Å²) in [5, 5.41) is 17.7. The predicted molar refractivity (Wildman–Crippen MR) is 65.0 cm³/mol. The topological polar surface area (TPSA) is 73.4 Å². The second kappa shape index (κ2) is 7.81. The number of nitrogens with one attached hydrogen (secondary N) is 3. The van der Waals surface area contributed by atoms with Gasteiger partial charge in [-0.15, -0.1) is 19.7 Å². The molecule has 0 aliphatic carbocycles. The van der Waals surface area contributed by atoms with Gasteiger partial charge in [0.2, 0.25) is 5.79 Å². The molecule has 5 heteroatoms. The smallest absolute Gasteiger partial charge is 0.354 e.